The number of likely N-dealkylation sites (tertiary alicyclic amines) is 1. The van der Waals surface area contributed by atoms with Gasteiger partial charge < -0.3 is 19.4 Å². The number of hydrogen-bond donors (Lipinski definition) is 0. The van der Waals surface area contributed by atoms with Crippen LogP contribution in [0.2, 0.25) is 0 Å². The number of benzene rings is 1. The molecule has 0 aromatic heterocycles. The second-order valence-corrected chi connectivity index (χ2v) is 7.56. The summed E-state index contributed by atoms with van der Waals surface area (Å²) in [5.74, 6) is -0.0242. The van der Waals surface area contributed by atoms with Crippen LogP contribution >= 0.6 is 0 Å². The Morgan fingerprint density at radius 3 is 2.48 bits per heavy atom. The molecule has 0 saturated carbocycles. The number of carbonyl (C=O) groups is 1. The summed E-state index contributed by atoms with van der Waals surface area (Å²) in [5.41, 5.74) is 0.888. The van der Waals surface area contributed by atoms with Gasteiger partial charge in [0.15, 0.2) is 0 Å². The highest BCUT2D eigenvalue weighted by atomic mass is 19.1. The standard InChI is InChI=1S/C19H28FN3O2/c1-21(2)13-18(24)23-10-8-19(9-11-23)12-17(14-25-19)22(3)16-6-4-15(20)5-7-16/h4-7,17H,8-14H2,1-3H3/t17-/m1/s1. The summed E-state index contributed by atoms with van der Waals surface area (Å²) in [4.78, 5) is 18.2. The number of nitrogens with zero attached hydrogens (tertiary/aromatic N) is 3. The van der Waals surface area contributed by atoms with Crippen molar-refractivity contribution in [2.24, 2.45) is 0 Å². The molecule has 5 nitrogen and oxygen atoms in total. The van der Waals surface area contributed by atoms with Crippen molar-refractivity contribution in [2.75, 3.05) is 52.3 Å². The van der Waals surface area contributed by atoms with E-state index in [0.717, 1.165) is 38.0 Å². The first-order valence-electron chi connectivity index (χ1n) is 8.93. The molecule has 1 atom stereocenters. The number of carbonyl (C=O) groups excluding carboxylic acids is 1. The predicted molar refractivity (Wildman–Crippen MR) is 96.3 cm³/mol. The second kappa shape index (κ2) is 7.30. The van der Waals surface area contributed by atoms with E-state index in [-0.39, 0.29) is 23.4 Å². The molecule has 0 unspecified atom stereocenters. The van der Waals surface area contributed by atoms with Crippen LogP contribution in [-0.2, 0) is 9.53 Å². The van der Waals surface area contributed by atoms with Gasteiger partial charge in [-0.25, -0.2) is 4.39 Å². The van der Waals surface area contributed by atoms with Gasteiger partial charge in [0.1, 0.15) is 5.82 Å². The molecule has 1 spiro atoms. The van der Waals surface area contributed by atoms with Gasteiger partial charge in [-0.1, -0.05) is 0 Å². The van der Waals surface area contributed by atoms with Crippen molar-refractivity contribution in [1.29, 1.82) is 0 Å². The summed E-state index contributed by atoms with van der Waals surface area (Å²) >= 11 is 0. The Morgan fingerprint density at radius 1 is 1.24 bits per heavy atom. The molecular weight excluding hydrogens is 321 g/mol. The largest absolute Gasteiger partial charge is 0.373 e. The molecule has 1 aromatic rings. The van der Waals surface area contributed by atoms with Crippen molar-refractivity contribution in [2.45, 2.75) is 30.9 Å². The van der Waals surface area contributed by atoms with Crippen LogP contribution in [0, 0.1) is 5.82 Å². The van der Waals surface area contributed by atoms with Crippen molar-refractivity contribution in [1.82, 2.24) is 9.80 Å². The Bertz CT molecular complexity index is 597. The molecule has 2 fully saturated rings. The third kappa shape index (κ3) is 4.12. The maximum absolute atomic E-state index is 13.1. The lowest BCUT2D eigenvalue weighted by Gasteiger charge is -2.39. The summed E-state index contributed by atoms with van der Waals surface area (Å²) < 4.78 is 19.3. The van der Waals surface area contributed by atoms with Gasteiger partial charge in [0.05, 0.1) is 24.8 Å². The molecule has 2 aliphatic heterocycles. The van der Waals surface area contributed by atoms with E-state index in [2.05, 4.69) is 4.90 Å². The molecule has 2 saturated heterocycles. The van der Waals surface area contributed by atoms with Crippen LogP contribution in [0.3, 0.4) is 0 Å². The third-order valence-corrected chi connectivity index (χ3v) is 5.45. The maximum Gasteiger partial charge on any atom is 0.236 e. The minimum atomic E-state index is -0.217. The average Bonchev–Trinajstić information content (AvgIpc) is 2.98. The number of halogens is 1. The first kappa shape index (κ1) is 18.1. The van der Waals surface area contributed by atoms with Crippen molar-refractivity contribution >= 4 is 11.6 Å². The highest BCUT2D eigenvalue weighted by Crippen LogP contribution is 2.38. The summed E-state index contributed by atoms with van der Waals surface area (Å²) in [7, 11) is 5.87. The first-order chi connectivity index (χ1) is 11.9. The molecule has 138 valence electrons. The number of hydrogen-bond acceptors (Lipinski definition) is 4. The van der Waals surface area contributed by atoms with E-state index >= 15 is 0 Å². The zero-order valence-corrected chi connectivity index (χ0v) is 15.4. The normalized spacial score (nSPS) is 22.6. The topological polar surface area (TPSA) is 36.0 Å². The highest BCUT2D eigenvalue weighted by molar-refractivity contribution is 5.78. The number of piperidine rings is 1. The number of likely N-dealkylation sites (N-methyl/N-ethyl adjacent to an activating group) is 2. The molecule has 1 aromatic carbocycles. The number of rotatable bonds is 4. The Kier molecular flexibility index (Phi) is 5.29. The van der Waals surface area contributed by atoms with Gasteiger partial charge in [0, 0.05) is 25.8 Å². The predicted octanol–water partition coefficient (Wildman–Crippen LogP) is 1.97. The Hall–Kier alpha value is -1.66. The van der Waals surface area contributed by atoms with Crippen LogP contribution in [-0.4, -0.2) is 74.7 Å². The lowest BCUT2D eigenvalue weighted by molar-refractivity contribution is -0.136. The number of anilines is 1. The molecule has 2 aliphatic rings. The fraction of sp³-hybridized carbons (Fsp3) is 0.632. The molecule has 25 heavy (non-hydrogen) atoms. The zero-order valence-electron chi connectivity index (χ0n) is 15.4. The van der Waals surface area contributed by atoms with Gasteiger partial charge >= 0.3 is 0 Å². The zero-order chi connectivity index (χ0) is 18.0. The molecule has 1 amide bonds. The first-order valence-corrected chi connectivity index (χ1v) is 8.93. The maximum atomic E-state index is 13.1. The van der Waals surface area contributed by atoms with Gasteiger partial charge in [-0.15, -0.1) is 0 Å². The summed E-state index contributed by atoms with van der Waals surface area (Å²) in [5, 5.41) is 0. The van der Waals surface area contributed by atoms with Crippen molar-refractivity contribution in [3.63, 3.8) is 0 Å². The van der Waals surface area contributed by atoms with Crippen LogP contribution < -0.4 is 4.90 Å². The van der Waals surface area contributed by atoms with E-state index in [4.69, 9.17) is 4.74 Å². The Labute approximate surface area is 149 Å². The molecule has 0 N–H and O–H groups in total. The minimum Gasteiger partial charge on any atom is -0.373 e. The molecule has 3 rings (SSSR count). The fourth-order valence-electron chi connectivity index (χ4n) is 3.84. The van der Waals surface area contributed by atoms with Gasteiger partial charge in [-0.2, -0.15) is 0 Å². The monoisotopic (exact) mass is 349 g/mol. The average molecular weight is 349 g/mol. The lowest BCUT2D eigenvalue weighted by atomic mass is 9.87. The minimum absolute atomic E-state index is 0.117. The van der Waals surface area contributed by atoms with Gasteiger partial charge in [-0.3, -0.25) is 4.79 Å². The van der Waals surface area contributed by atoms with Crippen molar-refractivity contribution in [3.8, 4) is 0 Å². The molecule has 2 heterocycles. The van der Waals surface area contributed by atoms with Crippen LogP contribution in [0.1, 0.15) is 19.3 Å². The van der Waals surface area contributed by atoms with E-state index in [1.54, 1.807) is 0 Å². The highest BCUT2D eigenvalue weighted by Gasteiger charge is 2.44. The quantitative estimate of drug-likeness (QED) is 0.833. The van der Waals surface area contributed by atoms with Crippen LogP contribution in [0.15, 0.2) is 24.3 Å². The molecule has 0 radical (unpaired) electrons. The van der Waals surface area contributed by atoms with E-state index < -0.39 is 0 Å². The smallest absolute Gasteiger partial charge is 0.236 e. The van der Waals surface area contributed by atoms with Gasteiger partial charge in [0.25, 0.3) is 0 Å². The number of ether oxygens (including phenoxy) is 1. The van der Waals surface area contributed by atoms with E-state index in [9.17, 15) is 9.18 Å². The van der Waals surface area contributed by atoms with Gasteiger partial charge in [0.2, 0.25) is 5.91 Å². The van der Waals surface area contributed by atoms with Gasteiger partial charge in [-0.05, 0) is 57.6 Å². The second-order valence-electron chi connectivity index (χ2n) is 7.56. The van der Waals surface area contributed by atoms with Crippen LogP contribution in [0.5, 0.6) is 0 Å². The lowest BCUT2D eigenvalue weighted by Crippen LogP contribution is -2.49. The molecular formula is C19H28FN3O2. The van der Waals surface area contributed by atoms with Crippen LogP contribution in [0.4, 0.5) is 10.1 Å². The fourth-order valence-corrected chi connectivity index (χ4v) is 3.84. The Balaban J connectivity index is 1.56. The molecule has 0 aliphatic carbocycles. The summed E-state index contributed by atoms with van der Waals surface area (Å²) in [6, 6.07) is 6.89. The third-order valence-electron chi connectivity index (χ3n) is 5.45. The molecule has 6 heteroatoms. The summed E-state index contributed by atoms with van der Waals surface area (Å²) in [6.07, 6.45) is 2.73. The number of amides is 1. The van der Waals surface area contributed by atoms with E-state index in [0.29, 0.717) is 13.2 Å². The summed E-state index contributed by atoms with van der Waals surface area (Å²) in [6.45, 7) is 2.67. The molecule has 0 bridgehead atoms. The van der Waals surface area contributed by atoms with E-state index in [1.807, 2.05) is 43.1 Å². The van der Waals surface area contributed by atoms with Crippen LogP contribution in [0.25, 0.3) is 0 Å². The van der Waals surface area contributed by atoms with E-state index in [1.165, 1.54) is 12.1 Å². The van der Waals surface area contributed by atoms with Crippen molar-refractivity contribution in [3.05, 3.63) is 30.1 Å². The van der Waals surface area contributed by atoms with Crippen molar-refractivity contribution < 1.29 is 13.9 Å². The Morgan fingerprint density at radius 2 is 1.88 bits per heavy atom. The SMILES string of the molecule is CN(C)CC(=O)N1CCC2(CC1)C[C@@H](N(C)c1ccc(F)cc1)CO2.